The predicted octanol–water partition coefficient (Wildman–Crippen LogP) is 3.37. The molecule has 0 N–H and O–H groups in total. The minimum atomic E-state index is 0.271. The van der Waals surface area contributed by atoms with Gasteiger partial charge in [0.1, 0.15) is 6.23 Å². The molecule has 18 heavy (non-hydrogen) atoms. The molecule has 2 aliphatic rings. The second-order valence-electron chi connectivity index (χ2n) is 5.56. The van der Waals surface area contributed by atoms with E-state index in [1.165, 1.54) is 5.56 Å². The molecule has 2 nitrogen and oxygen atoms in total. The Labute approximate surface area is 109 Å². The summed E-state index contributed by atoms with van der Waals surface area (Å²) in [5.41, 5.74) is 1.38. The van der Waals surface area contributed by atoms with E-state index < -0.39 is 0 Å². The van der Waals surface area contributed by atoms with Gasteiger partial charge in [-0.25, -0.2) is 0 Å². The zero-order chi connectivity index (χ0) is 12.5. The first-order valence-corrected chi connectivity index (χ1v) is 6.88. The highest BCUT2D eigenvalue weighted by atomic mass is 16.5. The third-order valence-corrected chi connectivity index (χ3v) is 4.02. The van der Waals surface area contributed by atoms with E-state index in [1.807, 2.05) is 0 Å². The lowest BCUT2D eigenvalue weighted by molar-refractivity contribution is 0.00268. The van der Waals surface area contributed by atoms with Crippen LogP contribution in [-0.2, 0) is 4.74 Å². The Hall–Kier alpha value is -1.12. The molecule has 0 saturated carbocycles. The van der Waals surface area contributed by atoms with E-state index in [2.05, 4.69) is 61.2 Å². The molecule has 3 atom stereocenters. The van der Waals surface area contributed by atoms with Gasteiger partial charge in [-0.1, -0.05) is 56.3 Å². The summed E-state index contributed by atoms with van der Waals surface area (Å²) in [6.07, 6.45) is 5.92. The van der Waals surface area contributed by atoms with Gasteiger partial charge in [-0.15, -0.1) is 0 Å². The van der Waals surface area contributed by atoms with Crippen molar-refractivity contribution in [3.05, 3.63) is 48.0 Å². The van der Waals surface area contributed by atoms with Crippen LogP contribution in [-0.4, -0.2) is 23.8 Å². The minimum Gasteiger partial charge on any atom is -0.361 e. The van der Waals surface area contributed by atoms with Crippen LogP contribution in [0.25, 0.3) is 0 Å². The van der Waals surface area contributed by atoms with Crippen LogP contribution in [0.1, 0.15) is 31.9 Å². The number of nitrogens with zero attached hydrogens (tertiary/aromatic N) is 1. The quantitative estimate of drug-likeness (QED) is 0.738. The number of benzene rings is 1. The Morgan fingerprint density at radius 1 is 1.22 bits per heavy atom. The van der Waals surface area contributed by atoms with Crippen LogP contribution >= 0.6 is 0 Å². The van der Waals surface area contributed by atoms with Gasteiger partial charge in [-0.2, -0.15) is 0 Å². The normalized spacial score (nSPS) is 31.8. The van der Waals surface area contributed by atoms with Gasteiger partial charge in [0, 0.05) is 12.5 Å². The topological polar surface area (TPSA) is 12.5 Å². The average Bonchev–Trinajstić information content (AvgIpc) is 2.83. The SMILES string of the molecule is CC(C)[C@@H]1C=CCC2OC[C@@H](c3ccccc3)N21. The second-order valence-corrected chi connectivity index (χ2v) is 5.56. The second kappa shape index (κ2) is 4.87. The average molecular weight is 243 g/mol. The molecule has 2 heterocycles. The fraction of sp³-hybridized carbons (Fsp3) is 0.500. The van der Waals surface area contributed by atoms with Crippen LogP contribution in [0.2, 0.25) is 0 Å². The Bertz CT molecular complexity index is 426. The van der Waals surface area contributed by atoms with Crippen LogP contribution in [0, 0.1) is 5.92 Å². The molecule has 2 heteroatoms. The Morgan fingerprint density at radius 3 is 2.72 bits per heavy atom. The molecule has 0 aliphatic carbocycles. The molecule has 96 valence electrons. The lowest BCUT2D eigenvalue weighted by Crippen LogP contribution is -2.44. The highest BCUT2D eigenvalue weighted by Crippen LogP contribution is 2.38. The largest absolute Gasteiger partial charge is 0.361 e. The maximum absolute atomic E-state index is 5.98. The molecular weight excluding hydrogens is 222 g/mol. The maximum Gasteiger partial charge on any atom is 0.115 e. The van der Waals surface area contributed by atoms with Crippen molar-refractivity contribution in [3.8, 4) is 0 Å². The smallest absolute Gasteiger partial charge is 0.115 e. The molecule has 1 aromatic carbocycles. The van der Waals surface area contributed by atoms with Gasteiger partial charge in [-0.05, 0) is 11.5 Å². The predicted molar refractivity (Wildman–Crippen MR) is 73.1 cm³/mol. The molecule has 3 rings (SSSR count). The van der Waals surface area contributed by atoms with Crippen molar-refractivity contribution in [2.75, 3.05) is 6.61 Å². The van der Waals surface area contributed by atoms with Crippen LogP contribution in [0.15, 0.2) is 42.5 Å². The van der Waals surface area contributed by atoms with Crippen LogP contribution in [0.4, 0.5) is 0 Å². The van der Waals surface area contributed by atoms with E-state index in [0.717, 1.165) is 13.0 Å². The summed E-state index contributed by atoms with van der Waals surface area (Å²) in [5, 5.41) is 0. The minimum absolute atomic E-state index is 0.271. The Kier molecular flexibility index (Phi) is 3.23. The summed E-state index contributed by atoms with van der Waals surface area (Å²) in [6.45, 7) is 5.40. The third kappa shape index (κ3) is 2.00. The van der Waals surface area contributed by atoms with E-state index in [1.54, 1.807) is 0 Å². The first-order valence-electron chi connectivity index (χ1n) is 6.88. The number of hydrogen-bond acceptors (Lipinski definition) is 2. The van der Waals surface area contributed by atoms with Gasteiger partial charge in [-0.3, -0.25) is 4.90 Å². The molecule has 1 aromatic rings. The van der Waals surface area contributed by atoms with Crippen molar-refractivity contribution in [1.29, 1.82) is 0 Å². The van der Waals surface area contributed by atoms with E-state index in [4.69, 9.17) is 4.74 Å². The molecule has 0 aromatic heterocycles. The summed E-state index contributed by atoms with van der Waals surface area (Å²) < 4.78 is 5.98. The summed E-state index contributed by atoms with van der Waals surface area (Å²) in [6, 6.07) is 11.6. The van der Waals surface area contributed by atoms with Crippen molar-refractivity contribution in [2.24, 2.45) is 5.92 Å². The van der Waals surface area contributed by atoms with Gasteiger partial charge in [0.2, 0.25) is 0 Å². The highest BCUT2D eigenvalue weighted by molar-refractivity contribution is 5.22. The summed E-state index contributed by atoms with van der Waals surface area (Å²) in [7, 11) is 0. The number of ether oxygens (including phenoxy) is 1. The lowest BCUT2D eigenvalue weighted by Gasteiger charge is -2.38. The Balaban J connectivity index is 1.91. The molecule has 0 spiro atoms. The third-order valence-electron chi connectivity index (χ3n) is 4.02. The standard InChI is InChI=1S/C16H21NO/c1-12(2)14-9-6-10-16-17(14)15(11-18-16)13-7-4-3-5-8-13/h3-9,12,14-16H,10-11H2,1-2H3/t14-,15-,16?/m0/s1. The van der Waals surface area contributed by atoms with Gasteiger partial charge >= 0.3 is 0 Å². The van der Waals surface area contributed by atoms with Gasteiger partial charge in [0.25, 0.3) is 0 Å². The fourth-order valence-electron chi connectivity index (χ4n) is 3.11. The first kappa shape index (κ1) is 11.9. The lowest BCUT2D eigenvalue weighted by atomic mass is 9.94. The number of fused-ring (bicyclic) bond motifs is 1. The summed E-state index contributed by atoms with van der Waals surface area (Å²) >= 11 is 0. The van der Waals surface area contributed by atoms with Crippen LogP contribution < -0.4 is 0 Å². The van der Waals surface area contributed by atoms with Gasteiger partial charge in [0.15, 0.2) is 0 Å². The molecular formula is C16H21NO. The number of rotatable bonds is 2. The molecule has 0 amide bonds. The fourth-order valence-corrected chi connectivity index (χ4v) is 3.11. The van der Waals surface area contributed by atoms with Crippen molar-refractivity contribution in [3.63, 3.8) is 0 Å². The monoisotopic (exact) mass is 243 g/mol. The van der Waals surface area contributed by atoms with E-state index in [0.29, 0.717) is 18.0 Å². The van der Waals surface area contributed by atoms with Crippen molar-refractivity contribution < 1.29 is 4.74 Å². The first-order chi connectivity index (χ1) is 8.77. The molecule has 2 aliphatic heterocycles. The zero-order valence-corrected chi connectivity index (χ0v) is 11.1. The molecule has 1 saturated heterocycles. The zero-order valence-electron chi connectivity index (χ0n) is 11.1. The van der Waals surface area contributed by atoms with Crippen LogP contribution in [0.5, 0.6) is 0 Å². The highest BCUT2D eigenvalue weighted by Gasteiger charge is 2.40. The molecule has 0 bridgehead atoms. The summed E-state index contributed by atoms with van der Waals surface area (Å²) in [4.78, 5) is 2.56. The molecule has 1 unspecified atom stereocenters. The maximum atomic E-state index is 5.98. The van der Waals surface area contributed by atoms with Crippen molar-refractivity contribution >= 4 is 0 Å². The van der Waals surface area contributed by atoms with E-state index in [9.17, 15) is 0 Å². The number of hydrogen-bond donors (Lipinski definition) is 0. The van der Waals surface area contributed by atoms with Crippen molar-refractivity contribution in [2.45, 2.75) is 38.6 Å². The van der Waals surface area contributed by atoms with E-state index in [-0.39, 0.29) is 6.23 Å². The molecule has 0 radical (unpaired) electrons. The Morgan fingerprint density at radius 2 is 2.00 bits per heavy atom. The van der Waals surface area contributed by atoms with Crippen molar-refractivity contribution in [1.82, 2.24) is 4.90 Å². The molecule has 1 fully saturated rings. The summed E-state index contributed by atoms with van der Waals surface area (Å²) in [5.74, 6) is 0.622. The van der Waals surface area contributed by atoms with E-state index >= 15 is 0 Å². The van der Waals surface area contributed by atoms with Gasteiger partial charge in [0.05, 0.1) is 12.6 Å². The van der Waals surface area contributed by atoms with Crippen LogP contribution in [0.3, 0.4) is 0 Å². The van der Waals surface area contributed by atoms with Gasteiger partial charge < -0.3 is 4.74 Å².